The Morgan fingerprint density at radius 3 is 2.38 bits per heavy atom. The molecule has 0 aliphatic heterocycles. The first-order chi connectivity index (χ1) is 6.25. The van der Waals surface area contributed by atoms with Crippen LogP contribution in [0.15, 0.2) is 0 Å². The average molecular weight is 181 g/mol. The molecule has 0 aromatic carbocycles. The summed E-state index contributed by atoms with van der Waals surface area (Å²) < 4.78 is 0. The van der Waals surface area contributed by atoms with E-state index in [1.54, 1.807) is 0 Å². The predicted molar refractivity (Wildman–Crippen MR) is 56.7 cm³/mol. The molecule has 3 unspecified atom stereocenters. The summed E-state index contributed by atoms with van der Waals surface area (Å²) in [6, 6.07) is 0.840. The fraction of sp³-hybridized carbons (Fsp3) is 1.00. The maximum absolute atomic E-state index is 3.73. The van der Waals surface area contributed by atoms with Crippen molar-refractivity contribution in [1.82, 2.24) is 5.32 Å². The summed E-state index contributed by atoms with van der Waals surface area (Å²) in [4.78, 5) is 0. The van der Waals surface area contributed by atoms with E-state index >= 15 is 0 Å². The van der Waals surface area contributed by atoms with Crippen molar-refractivity contribution in [1.29, 1.82) is 0 Å². The first-order valence-corrected chi connectivity index (χ1v) is 5.99. The number of rotatable bonds is 3. The second-order valence-electron chi connectivity index (χ2n) is 5.32. The first-order valence-electron chi connectivity index (χ1n) is 5.99. The summed E-state index contributed by atoms with van der Waals surface area (Å²) in [5, 5.41) is 3.73. The minimum atomic E-state index is 0.840. The summed E-state index contributed by atoms with van der Waals surface area (Å²) >= 11 is 0. The fourth-order valence-electron chi connectivity index (χ4n) is 2.39. The average Bonchev–Trinajstić information content (AvgIpc) is 2.91. The molecule has 0 saturated heterocycles. The Balaban J connectivity index is 1.68. The molecule has 0 bridgehead atoms. The minimum Gasteiger partial charge on any atom is -0.314 e. The van der Waals surface area contributed by atoms with Gasteiger partial charge in [-0.25, -0.2) is 0 Å². The van der Waals surface area contributed by atoms with Crippen LogP contribution < -0.4 is 5.32 Å². The molecular formula is C12H23N. The lowest BCUT2D eigenvalue weighted by Crippen LogP contribution is -2.37. The molecule has 2 rings (SSSR count). The molecule has 0 heterocycles. The van der Waals surface area contributed by atoms with Gasteiger partial charge < -0.3 is 5.32 Å². The maximum Gasteiger partial charge on any atom is 0.00699 e. The summed E-state index contributed by atoms with van der Waals surface area (Å²) in [5.74, 6) is 2.93. The van der Waals surface area contributed by atoms with E-state index in [0.29, 0.717) is 0 Å². The standard InChI is InChI=1S/C12H23N/c1-9-3-6-12(7-10(9)2)13-8-11-4-5-11/h9-13H,3-8H2,1-2H3. The Bertz CT molecular complexity index is 163. The molecule has 2 aliphatic carbocycles. The molecule has 3 atom stereocenters. The molecule has 2 fully saturated rings. The van der Waals surface area contributed by atoms with Gasteiger partial charge in [-0.1, -0.05) is 13.8 Å². The number of hydrogen-bond acceptors (Lipinski definition) is 1. The van der Waals surface area contributed by atoms with Crippen molar-refractivity contribution in [2.24, 2.45) is 17.8 Å². The van der Waals surface area contributed by atoms with Crippen molar-refractivity contribution in [3.63, 3.8) is 0 Å². The lowest BCUT2D eigenvalue weighted by molar-refractivity contribution is 0.225. The Morgan fingerprint density at radius 1 is 1.00 bits per heavy atom. The zero-order valence-corrected chi connectivity index (χ0v) is 9.05. The SMILES string of the molecule is CC1CCC(NCC2CC2)CC1C. The van der Waals surface area contributed by atoms with Crippen molar-refractivity contribution in [2.75, 3.05) is 6.54 Å². The van der Waals surface area contributed by atoms with Gasteiger partial charge in [-0.3, -0.25) is 0 Å². The third-order valence-corrected chi connectivity index (χ3v) is 3.99. The van der Waals surface area contributed by atoms with Crippen LogP contribution in [0.2, 0.25) is 0 Å². The van der Waals surface area contributed by atoms with Crippen LogP contribution in [0.25, 0.3) is 0 Å². The van der Waals surface area contributed by atoms with Gasteiger partial charge in [0.05, 0.1) is 0 Å². The van der Waals surface area contributed by atoms with Gasteiger partial charge in [0.15, 0.2) is 0 Å². The molecule has 2 aliphatic rings. The highest BCUT2D eigenvalue weighted by Crippen LogP contribution is 2.31. The second kappa shape index (κ2) is 4.00. The van der Waals surface area contributed by atoms with Gasteiger partial charge in [0, 0.05) is 6.04 Å². The van der Waals surface area contributed by atoms with Crippen molar-refractivity contribution >= 4 is 0 Å². The van der Waals surface area contributed by atoms with Gasteiger partial charge in [0.1, 0.15) is 0 Å². The lowest BCUT2D eigenvalue weighted by Gasteiger charge is -2.32. The monoisotopic (exact) mass is 181 g/mol. The molecule has 76 valence electrons. The van der Waals surface area contributed by atoms with E-state index < -0.39 is 0 Å². The van der Waals surface area contributed by atoms with E-state index in [4.69, 9.17) is 0 Å². The molecular weight excluding hydrogens is 158 g/mol. The predicted octanol–water partition coefficient (Wildman–Crippen LogP) is 2.81. The summed E-state index contributed by atoms with van der Waals surface area (Å²) in [7, 11) is 0. The van der Waals surface area contributed by atoms with Crippen molar-refractivity contribution < 1.29 is 0 Å². The molecule has 2 saturated carbocycles. The van der Waals surface area contributed by atoms with E-state index in [0.717, 1.165) is 23.8 Å². The van der Waals surface area contributed by atoms with E-state index in [1.807, 2.05) is 0 Å². The Kier molecular flexibility index (Phi) is 2.92. The highest BCUT2D eigenvalue weighted by Gasteiger charge is 2.26. The first kappa shape index (κ1) is 9.51. The van der Waals surface area contributed by atoms with Crippen LogP contribution in [0.5, 0.6) is 0 Å². The lowest BCUT2D eigenvalue weighted by atomic mass is 9.79. The van der Waals surface area contributed by atoms with Gasteiger partial charge in [0.25, 0.3) is 0 Å². The zero-order valence-electron chi connectivity index (χ0n) is 9.05. The van der Waals surface area contributed by atoms with E-state index in [1.165, 1.54) is 38.6 Å². The summed E-state index contributed by atoms with van der Waals surface area (Å²) in [6.45, 7) is 6.11. The van der Waals surface area contributed by atoms with Gasteiger partial charge in [-0.05, 0) is 56.4 Å². The normalized spacial score (nSPS) is 40.6. The van der Waals surface area contributed by atoms with Crippen LogP contribution in [0.4, 0.5) is 0 Å². The molecule has 1 N–H and O–H groups in total. The van der Waals surface area contributed by atoms with Crippen LogP contribution in [0.1, 0.15) is 46.0 Å². The molecule has 0 spiro atoms. The van der Waals surface area contributed by atoms with Crippen LogP contribution in [-0.4, -0.2) is 12.6 Å². The zero-order chi connectivity index (χ0) is 9.26. The molecule has 0 radical (unpaired) electrons. The third kappa shape index (κ3) is 2.70. The van der Waals surface area contributed by atoms with Crippen molar-refractivity contribution in [2.45, 2.75) is 52.0 Å². The van der Waals surface area contributed by atoms with Crippen molar-refractivity contribution in [3.05, 3.63) is 0 Å². The fourth-order valence-corrected chi connectivity index (χ4v) is 2.39. The molecule has 1 nitrogen and oxygen atoms in total. The van der Waals surface area contributed by atoms with Gasteiger partial charge >= 0.3 is 0 Å². The number of hydrogen-bond donors (Lipinski definition) is 1. The molecule has 0 amide bonds. The van der Waals surface area contributed by atoms with Crippen LogP contribution in [0, 0.1) is 17.8 Å². The molecule has 13 heavy (non-hydrogen) atoms. The smallest absolute Gasteiger partial charge is 0.00699 e. The highest BCUT2D eigenvalue weighted by atomic mass is 14.9. The summed E-state index contributed by atoms with van der Waals surface area (Å²) in [5.41, 5.74) is 0. The molecule has 0 aromatic rings. The third-order valence-electron chi connectivity index (χ3n) is 3.99. The van der Waals surface area contributed by atoms with Gasteiger partial charge in [-0.15, -0.1) is 0 Å². The quantitative estimate of drug-likeness (QED) is 0.706. The molecule has 0 aromatic heterocycles. The number of nitrogens with one attached hydrogen (secondary N) is 1. The maximum atomic E-state index is 3.73. The van der Waals surface area contributed by atoms with Gasteiger partial charge in [0.2, 0.25) is 0 Å². The highest BCUT2D eigenvalue weighted by molar-refractivity contribution is 4.83. The van der Waals surface area contributed by atoms with E-state index in [-0.39, 0.29) is 0 Å². The Labute approximate surface area is 82.3 Å². The van der Waals surface area contributed by atoms with Gasteiger partial charge in [-0.2, -0.15) is 0 Å². The summed E-state index contributed by atoms with van der Waals surface area (Å²) in [6.07, 6.45) is 7.22. The largest absolute Gasteiger partial charge is 0.314 e. The van der Waals surface area contributed by atoms with E-state index in [2.05, 4.69) is 19.2 Å². The van der Waals surface area contributed by atoms with Crippen LogP contribution in [-0.2, 0) is 0 Å². The minimum absolute atomic E-state index is 0.840. The van der Waals surface area contributed by atoms with E-state index in [9.17, 15) is 0 Å². The van der Waals surface area contributed by atoms with Crippen LogP contribution >= 0.6 is 0 Å². The Hall–Kier alpha value is -0.0400. The van der Waals surface area contributed by atoms with Crippen LogP contribution in [0.3, 0.4) is 0 Å². The molecule has 1 heteroatoms. The topological polar surface area (TPSA) is 12.0 Å². The second-order valence-corrected chi connectivity index (χ2v) is 5.32. The van der Waals surface area contributed by atoms with Crippen molar-refractivity contribution in [3.8, 4) is 0 Å². The Morgan fingerprint density at radius 2 is 1.77 bits per heavy atom.